The lowest BCUT2D eigenvalue weighted by molar-refractivity contribution is 0.129. The number of aryl methyl sites for hydroxylation is 2. The third-order valence-corrected chi connectivity index (χ3v) is 5.86. The molecular formula is C24H31ClF2N2OS. The van der Waals surface area contributed by atoms with Crippen molar-refractivity contribution in [3.05, 3.63) is 70.3 Å². The number of fused-ring (bicyclic) bond motifs is 1. The van der Waals surface area contributed by atoms with E-state index in [0.29, 0.717) is 17.1 Å². The lowest BCUT2D eigenvalue weighted by Gasteiger charge is -2.30. The minimum Gasteiger partial charge on any atom is -0.390 e. The van der Waals surface area contributed by atoms with Crippen molar-refractivity contribution in [2.24, 2.45) is 0 Å². The van der Waals surface area contributed by atoms with Crippen molar-refractivity contribution >= 4 is 29.6 Å². The number of hydrogen-bond acceptors (Lipinski definition) is 3. The molecule has 0 aromatic heterocycles. The predicted octanol–water partition coefficient (Wildman–Crippen LogP) is 4.83. The van der Waals surface area contributed by atoms with E-state index in [2.05, 4.69) is 35.8 Å². The Morgan fingerprint density at radius 1 is 1.16 bits per heavy atom. The Hall–Kier alpha value is -1.60. The van der Waals surface area contributed by atoms with Crippen LogP contribution in [0.3, 0.4) is 0 Å². The van der Waals surface area contributed by atoms with E-state index in [9.17, 15) is 13.9 Å². The number of halogens is 3. The first-order chi connectivity index (χ1) is 14.4. The monoisotopic (exact) mass is 468 g/mol. The molecule has 31 heavy (non-hydrogen) atoms. The molecule has 1 aliphatic rings. The van der Waals surface area contributed by atoms with E-state index in [4.69, 9.17) is 12.2 Å². The average Bonchev–Trinajstić information content (AvgIpc) is 2.70. The fourth-order valence-electron chi connectivity index (χ4n) is 4.21. The number of benzene rings is 2. The summed E-state index contributed by atoms with van der Waals surface area (Å²) in [4.78, 5) is 0.534. The average molecular weight is 469 g/mol. The molecule has 3 N–H and O–H groups in total. The zero-order valence-electron chi connectivity index (χ0n) is 18.0. The highest BCUT2D eigenvalue weighted by Crippen LogP contribution is 2.30. The Kier molecular flexibility index (Phi) is 9.82. The molecule has 0 unspecified atom stereocenters. The summed E-state index contributed by atoms with van der Waals surface area (Å²) in [6.45, 7) is 4.24. The lowest BCUT2D eigenvalue weighted by Crippen LogP contribution is -2.48. The summed E-state index contributed by atoms with van der Waals surface area (Å²) >= 11 is 5.16. The molecule has 0 spiro atoms. The highest BCUT2D eigenvalue weighted by molar-refractivity contribution is 7.80. The Balaban J connectivity index is 0.00000341. The van der Waals surface area contributed by atoms with Crippen LogP contribution < -0.4 is 10.6 Å². The van der Waals surface area contributed by atoms with Gasteiger partial charge in [0.15, 0.2) is 0 Å². The number of rotatable bonds is 8. The summed E-state index contributed by atoms with van der Waals surface area (Å²) in [7, 11) is 0. The number of nitrogens with one attached hydrogen (secondary N) is 2. The van der Waals surface area contributed by atoms with Crippen molar-refractivity contribution in [2.45, 2.75) is 64.1 Å². The number of hydrogen-bond donors (Lipinski definition) is 3. The van der Waals surface area contributed by atoms with Gasteiger partial charge in [-0.05, 0) is 73.4 Å². The van der Waals surface area contributed by atoms with Crippen LogP contribution in [0.1, 0.15) is 55.0 Å². The summed E-state index contributed by atoms with van der Waals surface area (Å²) in [5.74, 6) is -1.25. The molecule has 3 atom stereocenters. The zero-order chi connectivity index (χ0) is 21.7. The van der Waals surface area contributed by atoms with Gasteiger partial charge < -0.3 is 15.7 Å². The van der Waals surface area contributed by atoms with Gasteiger partial charge in [0.05, 0.1) is 17.1 Å². The van der Waals surface area contributed by atoms with E-state index in [0.717, 1.165) is 31.7 Å². The molecule has 0 bridgehead atoms. The van der Waals surface area contributed by atoms with Gasteiger partial charge in [0.1, 0.15) is 11.6 Å². The second-order valence-corrected chi connectivity index (χ2v) is 8.71. The van der Waals surface area contributed by atoms with Crippen molar-refractivity contribution in [3.8, 4) is 0 Å². The molecule has 170 valence electrons. The van der Waals surface area contributed by atoms with E-state index in [1.807, 2.05) is 0 Å². The van der Waals surface area contributed by atoms with Gasteiger partial charge in [0.25, 0.3) is 0 Å². The minimum atomic E-state index is -0.769. The van der Waals surface area contributed by atoms with Crippen molar-refractivity contribution in [2.75, 3.05) is 6.54 Å². The predicted molar refractivity (Wildman–Crippen MR) is 128 cm³/mol. The van der Waals surface area contributed by atoms with Gasteiger partial charge in [0, 0.05) is 18.7 Å². The molecule has 0 heterocycles. The van der Waals surface area contributed by atoms with E-state index >= 15 is 0 Å². The van der Waals surface area contributed by atoms with Crippen LogP contribution in [0.2, 0.25) is 0 Å². The third kappa shape index (κ3) is 7.21. The maximum Gasteiger partial charge on any atom is 0.126 e. The van der Waals surface area contributed by atoms with Crippen LogP contribution in [0.25, 0.3) is 0 Å². The molecule has 0 fully saturated rings. The molecule has 3 rings (SSSR count). The molecule has 0 saturated heterocycles. The SMILES string of the molecule is CCc1ccc2c(c1)[C@@H](NC[C@H](O)[C@H](Cc1cc(F)cc(F)c1)NC(C)=S)CCC2.Cl. The van der Waals surface area contributed by atoms with E-state index in [1.54, 1.807) is 6.92 Å². The zero-order valence-corrected chi connectivity index (χ0v) is 19.6. The molecule has 0 radical (unpaired) electrons. The molecule has 2 aromatic rings. The van der Waals surface area contributed by atoms with Gasteiger partial charge in [0.2, 0.25) is 0 Å². The maximum absolute atomic E-state index is 13.6. The molecule has 1 aliphatic carbocycles. The Bertz CT molecular complexity index is 876. The highest BCUT2D eigenvalue weighted by atomic mass is 35.5. The fraction of sp³-hybridized carbons (Fsp3) is 0.458. The summed E-state index contributed by atoms with van der Waals surface area (Å²) in [5, 5.41) is 17.5. The normalized spacial score (nSPS) is 17.3. The smallest absolute Gasteiger partial charge is 0.126 e. The van der Waals surface area contributed by atoms with Gasteiger partial charge in [-0.2, -0.15) is 0 Å². The molecule has 3 nitrogen and oxygen atoms in total. The van der Waals surface area contributed by atoms with E-state index in [-0.39, 0.29) is 24.9 Å². The first kappa shape index (κ1) is 25.7. The Morgan fingerprint density at radius 3 is 2.52 bits per heavy atom. The third-order valence-electron chi connectivity index (χ3n) is 5.74. The van der Waals surface area contributed by atoms with Crippen LogP contribution in [-0.2, 0) is 19.3 Å². The fourth-order valence-corrected chi connectivity index (χ4v) is 4.36. The van der Waals surface area contributed by atoms with Gasteiger partial charge in [-0.15, -0.1) is 12.4 Å². The number of aliphatic hydroxyl groups is 1. The molecule has 0 amide bonds. The molecule has 0 saturated carbocycles. The number of aliphatic hydroxyl groups excluding tert-OH is 1. The molecular weight excluding hydrogens is 438 g/mol. The lowest BCUT2D eigenvalue weighted by atomic mass is 9.86. The van der Waals surface area contributed by atoms with E-state index < -0.39 is 23.8 Å². The first-order valence-corrected chi connectivity index (χ1v) is 11.0. The number of thiocarbonyl (C=S) groups is 1. The van der Waals surface area contributed by atoms with Gasteiger partial charge in [-0.1, -0.05) is 37.3 Å². The van der Waals surface area contributed by atoms with Gasteiger partial charge in [-0.25, -0.2) is 8.78 Å². The van der Waals surface area contributed by atoms with Crippen LogP contribution in [-0.4, -0.2) is 28.8 Å². The second kappa shape index (κ2) is 11.9. The summed E-state index contributed by atoms with van der Waals surface area (Å²) in [6, 6.07) is 9.86. The van der Waals surface area contributed by atoms with Crippen molar-refractivity contribution in [3.63, 3.8) is 0 Å². The maximum atomic E-state index is 13.6. The van der Waals surface area contributed by atoms with Crippen LogP contribution in [0, 0.1) is 11.6 Å². The Morgan fingerprint density at radius 2 is 1.87 bits per heavy atom. The summed E-state index contributed by atoms with van der Waals surface area (Å²) in [5.41, 5.74) is 4.48. The van der Waals surface area contributed by atoms with Crippen LogP contribution in [0.4, 0.5) is 8.78 Å². The summed E-state index contributed by atoms with van der Waals surface area (Å²) < 4.78 is 27.1. The highest BCUT2D eigenvalue weighted by Gasteiger charge is 2.24. The van der Waals surface area contributed by atoms with Crippen molar-refractivity contribution < 1.29 is 13.9 Å². The largest absolute Gasteiger partial charge is 0.390 e. The van der Waals surface area contributed by atoms with Crippen LogP contribution >= 0.6 is 24.6 Å². The minimum absolute atomic E-state index is 0. The molecule has 2 aromatic carbocycles. The van der Waals surface area contributed by atoms with Crippen molar-refractivity contribution in [1.29, 1.82) is 0 Å². The Labute approximate surface area is 195 Å². The standard InChI is InChI=1S/C24H30F2N2OS.ClH/c1-3-16-7-8-18-5-4-6-22(21(18)11-16)27-14-24(29)23(28-15(2)30)12-17-9-19(25)13-20(26)10-17;/h7-11,13,22-24,27,29H,3-6,12,14H2,1-2H3,(H,28,30);1H/t22-,23-,24-;/m0./s1. The van der Waals surface area contributed by atoms with Gasteiger partial charge in [-0.3, -0.25) is 0 Å². The van der Waals surface area contributed by atoms with Gasteiger partial charge >= 0.3 is 0 Å². The van der Waals surface area contributed by atoms with E-state index in [1.165, 1.54) is 28.8 Å². The van der Waals surface area contributed by atoms with Crippen molar-refractivity contribution in [1.82, 2.24) is 10.6 Å². The quantitative estimate of drug-likeness (QED) is 0.486. The summed E-state index contributed by atoms with van der Waals surface area (Å²) in [6.07, 6.45) is 3.70. The molecule has 0 aliphatic heterocycles. The van der Waals surface area contributed by atoms with Crippen LogP contribution in [0.15, 0.2) is 36.4 Å². The first-order valence-electron chi connectivity index (χ1n) is 10.6. The second-order valence-electron chi connectivity index (χ2n) is 8.10. The van der Waals surface area contributed by atoms with Crippen LogP contribution in [0.5, 0.6) is 0 Å². The molecule has 7 heteroatoms. The topological polar surface area (TPSA) is 44.3 Å².